The van der Waals surface area contributed by atoms with Crippen molar-refractivity contribution in [1.82, 2.24) is 0 Å². The molecule has 4 rings (SSSR count). The summed E-state index contributed by atoms with van der Waals surface area (Å²) < 4.78 is 5.43. The Bertz CT molecular complexity index is 1040. The van der Waals surface area contributed by atoms with Crippen LogP contribution in [0.3, 0.4) is 0 Å². The number of hydrogen-bond donors (Lipinski definition) is 1. The van der Waals surface area contributed by atoms with Crippen LogP contribution in [0.5, 0.6) is 0 Å². The van der Waals surface area contributed by atoms with E-state index in [1.807, 2.05) is 31.2 Å². The number of aryl methyl sites for hydroxylation is 2. The van der Waals surface area contributed by atoms with Gasteiger partial charge < -0.3 is 14.2 Å². The zero-order valence-electron chi connectivity index (χ0n) is 15.7. The lowest BCUT2D eigenvalue weighted by atomic mass is 10.0. The summed E-state index contributed by atoms with van der Waals surface area (Å²) >= 11 is 6.34. The molecule has 0 amide bonds. The number of benzene rings is 2. The molecule has 2 aromatic carbocycles. The molecule has 140 valence electrons. The Morgan fingerprint density at radius 2 is 1.78 bits per heavy atom. The standard InChI is InChI=1S/C22H23ClN2O2/c1-15-11-18-17(13-22(26)27-21(18)12-16(15)2)14-24-7-9-25(10-8-24)20-6-4-3-5-19(20)23/h3-6,11-13H,7-10,14H2,1-2H3/p+1. The smallest absolute Gasteiger partial charge is 0.336 e. The molecule has 1 N–H and O–H groups in total. The van der Waals surface area contributed by atoms with Gasteiger partial charge in [0.15, 0.2) is 0 Å². The minimum Gasteiger partial charge on any atom is -0.423 e. The molecular formula is C22H24ClN2O2+. The van der Waals surface area contributed by atoms with Gasteiger partial charge in [-0.05, 0) is 49.2 Å². The van der Waals surface area contributed by atoms with Crippen LogP contribution in [0, 0.1) is 13.8 Å². The largest absolute Gasteiger partial charge is 0.423 e. The van der Waals surface area contributed by atoms with Crippen molar-refractivity contribution < 1.29 is 9.32 Å². The summed E-state index contributed by atoms with van der Waals surface area (Å²) in [6, 6.07) is 13.8. The molecule has 4 nitrogen and oxygen atoms in total. The maximum absolute atomic E-state index is 12.0. The maximum atomic E-state index is 12.0. The predicted molar refractivity (Wildman–Crippen MR) is 110 cm³/mol. The second kappa shape index (κ2) is 7.37. The minimum absolute atomic E-state index is 0.269. The van der Waals surface area contributed by atoms with Crippen LogP contribution in [0.2, 0.25) is 5.02 Å². The fourth-order valence-electron chi connectivity index (χ4n) is 3.85. The van der Waals surface area contributed by atoms with Crippen LogP contribution in [0.15, 0.2) is 51.7 Å². The van der Waals surface area contributed by atoms with Gasteiger partial charge in [0.2, 0.25) is 0 Å². The molecule has 0 saturated carbocycles. The molecule has 0 bridgehead atoms. The van der Waals surface area contributed by atoms with E-state index >= 15 is 0 Å². The molecule has 0 atom stereocenters. The van der Waals surface area contributed by atoms with Gasteiger partial charge in [0.25, 0.3) is 0 Å². The van der Waals surface area contributed by atoms with E-state index in [2.05, 4.69) is 24.0 Å². The quantitative estimate of drug-likeness (QED) is 0.706. The summed E-state index contributed by atoms with van der Waals surface area (Å²) in [6.45, 7) is 8.91. The number of para-hydroxylation sites is 1. The van der Waals surface area contributed by atoms with Crippen molar-refractivity contribution in [3.63, 3.8) is 0 Å². The van der Waals surface area contributed by atoms with Crippen LogP contribution in [0.25, 0.3) is 11.0 Å². The van der Waals surface area contributed by atoms with Gasteiger partial charge >= 0.3 is 5.63 Å². The lowest BCUT2D eigenvalue weighted by Crippen LogP contribution is -3.13. The predicted octanol–water partition coefficient (Wildman–Crippen LogP) is 2.97. The molecule has 0 spiro atoms. The molecule has 1 aliphatic heterocycles. The Kier molecular flexibility index (Phi) is 4.94. The zero-order valence-corrected chi connectivity index (χ0v) is 16.5. The third-order valence-corrected chi connectivity index (χ3v) is 5.87. The van der Waals surface area contributed by atoms with Crippen LogP contribution in [-0.4, -0.2) is 26.2 Å². The zero-order chi connectivity index (χ0) is 19.0. The van der Waals surface area contributed by atoms with E-state index < -0.39 is 0 Å². The van der Waals surface area contributed by atoms with Gasteiger partial charge in [0.05, 0.1) is 36.9 Å². The molecule has 0 aliphatic carbocycles. The number of fused-ring (bicyclic) bond motifs is 1. The van der Waals surface area contributed by atoms with E-state index in [0.29, 0.717) is 5.58 Å². The van der Waals surface area contributed by atoms with Crippen molar-refractivity contribution in [2.75, 3.05) is 31.1 Å². The normalized spacial score (nSPS) is 15.4. The molecule has 0 radical (unpaired) electrons. The van der Waals surface area contributed by atoms with E-state index in [1.165, 1.54) is 10.5 Å². The van der Waals surface area contributed by atoms with Crippen LogP contribution in [-0.2, 0) is 6.54 Å². The number of quaternary nitrogens is 1. The number of halogens is 1. The highest BCUT2D eigenvalue weighted by Gasteiger charge is 2.22. The van der Waals surface area contributed by atoms with E-state index in [9.17, 15) is 4.79 Å². The van der Waals surface area contributed by atoms with Crippen LogP contribution >= 0.6 is 11.6 Å². The first-order valence-electron chi connectivity index (χ1n) is 9.38. The number of rotatable bonds is 3. The van der Waals surface area contributed by atoms with Crippen molar-refractivity contribution in [3.05, 3.63) is 74.6 Å². The third-order valence-electron chi connectivity index (χ3n) is 5.55. The molecule has 1 aromatic heterocycles. The fourth-order valence-corrected chi connectivity index (χ4v) is 4.10. The summed E-state index contributed by atoms with van der Waals surface area (Å²) in [7, 11) is 0. The molecule has 27 heavy (non-hydrogen) atoms. The average Bonchev–Trinajstić information content (AvgIpc) is 2.64. The van der Waals surface area contributed by atoms with E-state index in [1.54, 1.807) is 6.07 Å². The van der Waals surface area contributed by atoms with Crippen molar-refractivity contribution in [2.24, 2.45) is 0 Å². The molecule has 1 aliphatic rings. The van der Waals surface area contributed by atoms with E-state index in [0.717, 1.165) is 59.9 Å². The summed E-state index contributed by atoms with van der Waals surface area (Å²) in [6.07, 6.45) is 0. The average molecular weight is 384 g/mol. The van der Waals surface area contributed by atoms with Crippen LogP contribution in [0.4, 0.5) is 5.69 Å². The van der Waals surface area contributed by atoms with Crippen LogP contribution in [0.1, 0.15) is 16.7 Å². The summed E-state index contributed by atoms with van der Waals surface area (Å²) in [5, 5.41) is 1.86. The molecule has 3 aromatic rings. The number of hydrogen-bond acceptors (Lipinski definition) is 3. The molecule has 5 heteroatoms. The van der Waals surface area contributed by atoms with Crippen molar-refractivity contribution in [2.45, 2.75) is 20.4 Å². The SMILES string of the molecule is Cc1cc2oc(=O)cc(C[NH+]3CCN(c4ccccc4Cl)CC3)c2cc1C. The highest BCUT2D eigenvalue weighted by Crippen LogP contribution is 2.25. The Labute approximate surface area is 164 Å². The lowest BCUT2D eigenvalue weighted by Gasteiger charge is -2.34. The van der Waals surface area contributed by atoms with Crippen LogP contribution < -0.4 is 15.4 Å². The van der Waals surface area contributed by atoms with Gasteiger partial charge in [-0.15, -0.1) is 0 Å². The highest BCUT2D eigenvalue weighted by molar-refractivity contribution is 6.33. The van der Waals surface area contributed by atoms with Crippen molar-refractivity contribution in [1.29, 1.82) is 0 Å². The Morgan fingerprint density at radius 1 is 1.07 bits per heavy atom. The summed E-state index contributed by atoms with van der Waals surface area (Å²) in [5.41, 5.74) is 4.96. The second-order valence-corrected chi connectivity index (χ2v) is 7.80. The number of anilines is 1. The van der Waals surface area contributed by atoms with Gasteiger partial charge in [0.1, 0.15) is 12.1 Å². The van der Waals surface area contributed by atoms with E-state index in [4.69, 9.17) is 16.0 Å². The van der Waals surface area contributed by atoms with Gasteiger partial charge in [-0.25, -0.2) is 4.79 Å². The van der Waals surface area contributed by atoms with Gasteiger partial charge in [0, 0.05) is 17.0 Å². The monoisotopic (exact) mass is 383 g/mol. The van der Waals surface area contributed by atoms with Crippen molar-refractivity contribution >= 4 is 28.3 Å². The summed E-state index contributed by atoms with van der Waals surface area (Å²) in [5.74, 6) is 0. The lowest BCUT2D eigenvalue weighted by molar-refractivity contribution is -0.914. The highest BCUT2D eigenvalue weighted by atomic mass is 35.5. The van der Waals surface area contributed by atoms with E-state index in [-0.39, 0.29) is 5.63 Å². The molecule has 2 heterocycles. The second-order valence-electron chi connectivity index (χ2n) is 7.39. The molecular weight excluding hydrogens is 360 g/mol. The summed E-state index contributed by atoms with van der Waals surface area (Å²) in [4.78, 5) is 15.8. The minimum atomic E-state index is -0.269. The third kappa shape index (κ3) is 3.73. The first-order chi connectivity index (χ1) is 13.0. The Balaban J connectivity index is 1.53. The Morgan fingerprint density at radius 3 is 2.52 bits per heavy atom. The van der Waals surface area contributed by atoms with Crippen molar-refractivity contribution in [3.8, 4) is 0 Å². The Hall–Kier alpha value is -2.30. The molecule has 0 unspecified atom stereocenters. The van der Waals surface area contributed by atoms with Gasteiger partial charge in [-0.2, -0.15) is 0 Å². The first-order valence-corrected chi connectivity index (χ1v) is 9.76. The first kappa shape index (κ1) is 18.1. The number of nitrogens with one attached hydrogen (secondary N) is 1. The number of piperazine rings is 1. The molecule has 1 fully saturated rings. The maximum Gasteiger partial charge on any atom is 0.336 e. The number of nitrogens with zero attached hydrogens (tertiary/aromatic N) is 1. The molecule has 1 saturated heterocycles. The fraction of sp³-hybridized carbons (Fsp3) is 0.318. The van der Waals surface area contributed by atoms with Gasteiger partial charge in [-0.1, -0.05) is 23.7 Å². The topological polar surface area (TPSA) is 37.9 Å². The van der Waals surface area contributed by atoms with Gasteiger partial charge in [-0.3, -0.25) is 0 Å².